The Morgan fingerprint density at radius 3 is 2.52 bits per heavy atom. The third kappa shape index (κ3) is 8.72. The van der Waals surface area contributed by atoms with Crippen LogP contribution in [-0.2, 0) is 6.42 Å². The molecule has 0 atom stereocenters. The van der Waals surface area contributed by atoms with Gasteiger partial charge in [-0.15, -0.1) is 24.0 Å². The van der Waals surface area contributed by atoms with Gasteiger partial charge >= 0.3 is 0 Å². The van der Waals surface area contributed by atoms with Crippen LogP contribution >= 0.6 is 24.0 Å². The van der Waals surface area contributed by atoms with Gasteiger partial charge in [-0.2, -0.15) is 0 Å². The zero-order valence-electron chi connectivity index (χ0n) is 14.9. The van der Waals surface area contributed by atoms with Crippen LogP contribution in [0.2, 0.25) is 0 Å². The van der Waals surface area contributed by atoms with E-state index in [1.54, 1.807) is 7.05 Å². The van der Waals surface area contributed by atoms with Gasteiger partial charge in [0.05, 0.1) is 6.61 Å². The van der Waals surface area contributed by atoms with E-state index in [4.69, 9.17) is 4.74 Å². The minimum atomic E-state index is 0. The molecule has 0 amide bonds. The molecule has 0 fully saturated rings. The molecule has 1 aromatic carbocycles. The SMILES string of the molecule is CN=C(NCCCOc1ccccc1)NCCc1ccc(C)nc1.I. The first-order valence-electron chi connectivity index (χ1n) is 8.32. The molecule has 0 unspecified atom stereocenters. The van der Waals surface area contributed by atoms with Gasteiger partial charge in [0.15, 0.2) is 5.96 Å². The Balaban J connectivity index is 0.00000312. The first kappa shape index (κ1) is 21.2. The van der Waals surface area contributed by atoms with Crippen LogP contribution in [0.5, 0.6) is 5.75 Å². The fourth-order valence-corrected chi connectivity index (χ4v) is 2.18. The number of pyridine rings is 1. The standard InChI is InChI=1S/C19H26N4O.HI/c1-16-9-10-17(15-23-16)11-13-22-19(20-2)21-12-6-14-24-18-7-4-3-5-8-18;/h3-5,7-10,15H,6,11-14H2,1-2H3,(H2,20,21,22);1H. The lowest BCUT2D eigenvalue weighted by Crippen LogP contribution is -2.39. The maximum Gasteiger partial charge on any atom is 0.190 e. The summed E-state index contributed by atoms with van der Waals surface area (Å²) in [7, 11) is 1.78. The summed E-state index contributed by atoms with van der Waals surface area (Å²) in [6.07, 6.45) is 3.76. The zero-order valence-corrected chi connectivity index (χ0v) is 17.2. The summed E-state index contributed by atoms with van der Waals surface area (Å²) >= 11 is 0. The molecule has 0 bridgehead atoms. The van der Waals surface area contributed by atoms with E-state index in [0.29, 0.717) is 6.61 Å². The third-order valence-corrected chi connectivity index (χ3v) is 3.53. The average molecular weight is 454 g/mol. The molecule has 5 nitrogen and oxygen atoms in total. The highest BCUT2D eigenvalue weighted by Gasteiger charge is 1.99. The van der Waals surface area contributed by atoms with Crippen LogP contribution in [0.3, 0.4) is 0 Å². The number of aromatic nitrogens is 1. The Bertz CT molecular complexity index is 617. The van der Waals surface area contributed by atoms with Crippen LogP contribution in [0.25, 0.3) is 0 Å². The van der Waals surface area contributed by atoms with E-state index >= 15 is 0 Å². The minimum absolute atomic E-state index is 0. The molecule has 0 aliphatic rings. The zero-order chi connectivity index (χ0) is 17.0. The van der Waals surface area contributed by atoms with Crippen molar-refractivity contribution in [3.63, 3.8) is 0 Å². The maximum absolute atomic E-state index is 5.66. The van der Waals surface area contributed by atoms with Crippen molar-refractivity contribution in [1.82, 2.24) is 15.6 Å². The Morgan fingerprint density at radius 2 is 1.84 bits per heavy atom. The van der Waals surface area contributed by atoms with Crippen molar-refractivity contribution in [2.24, 2.45) is 4.99 Å². The van der Waals surface area contributed by atoms with Gasteiger partial charge in [-0.1, -0.05) is 24.3 Å². The minimum Gasteiger partial charge on any atom is -0.494 e. The van der Waals surface area contributed by atoms with Gasteiger partial charge in [0.1, 0.15) is 5.75 Å². The smallest absolute Gasteiger partial charge is 0.190 e. The van der Waals surface area contributed by atoms with Crippen molar-refractivity contribution in [2.75, 3.05) is 26.7 Å². The molecule has 0 saturated heterocycles. The van der Waals surface area contributed by atoms with Gasteiger partial charge in [0.25, 0.3) is 0 Å². The van der Waals surface area contributed by atoms with E-state index < -0.39 is 0 Å². The Labute approximate surface area is 167 Å². The molecule has 0 aliphatic carbocycles. The van der Waals surface area contributed by atoms with Crippen molar-refractivity contribution >= 4 is 29.9 Å². The van der Waals surface area contributed by atoms with Crippen molar-refractivity contribution < 1.29 is 4.74 Å². The van der Waals surface area contributed by atoms with Crippen LogP contribution in [0, 0.1) is 6.92 Å². The molecule has 25 heavy (non-hydrogen) atoms. The van der Waals surface area contributed by atoms with E-state index in [1.165, 1.54) is 5.56 Å². The lowest BCUT2D eigenvalue weighted by molar-refractivity contribution is 0.311. The molecule has 1 heterocycles. The maximum atomic E-state index is 5.66. The monoisotopic (exact) mass is 454 g/mol. The van der Waals surface area contributed by atoms with E-state index in [2.05, 4.69) is 26.7 Å². The van der Waals surface area contributed by atoms with Crippen LogP contribution < -0.4 is 15.4 Å². The Morgan fingerprint density at radius 1 is 1.08 bits per heavy atom. The first-order valence-corrected chi connectivity index (χ1v) is 8.32. The van der Waals surface area contributed by atoms with Gasteiger partial charge in [0.2, 0.25) is 0 Å². The quantitative estimate of drug-likeness (QED) is 0.279. The lowest BCUT2D eigenvalue weighted by Gasteiger charge is -2.12. The molecule has 2 N–H and O–H groups in total. The van der Waals surface area contributed by atoms with Crippen LogP contribution in [-0.4, -0.2) is 37.7 Å². The van der Waals surface area contributed by atoms with Crippen molar-refractivity contribution in [2.45, 2.75) is 19.8 Å². The summed E-state index contributed by atoms with van der Waals surface area (Å²) < 4.78 is 5.66. The van der Waals surface area contributed by atoms with Crippen molar-refractivity contribution in [3.8, 4) is 5.75 Å². The molecule has 136 valence electrons. The Hall–Kier alpha value is -1.83. The molecule has 0 spiro atoms. The predicted molar refractivity (Wildman–Crippen MR) is 114 cm³/mol. The fourth-order valence-electron chi connectivity index (χ4n) is 2.18. The van der Waals surface area contributed by atoms with Crippen molar-refractivity contribution in [3.05, 3.63) is 59.9 Å². The summed E-state index contributed by atoms with van der Waals surface area (Å²) in [4.78, 5) is 8.53. The number of aryl methyl sites for hydroxylation is 1. The van der Waals surface area contributed by atoms with Crippen molar-refractivity contribution in [1.29, 1.82) is 0 Å². The summed E-state index contributed by atoms with van der Waals surface area (Å²) in [6, 6.07) is 14.0. The molecule has 0 radical (unpaired) electrons. The number of para-hydroxylation sites is 1. The topological polar surface area (TPSA) is 58.5 Å². The van der Waals surface area contributed by atoms with Crippen LogP contribution in [0.1, 0.15) is 17.7 Å². The number of benzene rings is 1. The third-order valence-electron chi connectivity index (χ3n) is 3.53. The summed E-state index contributed by atoms with van der Waals surface area (Å²) in [5.41, 5.74) is 2.27. The second-order valence-electron chi connectivity index (χ2n) is 5.50. The van der Waals surface area contributed by atoms with Gasteiger partial charge in [-0.25, -0.2) is 0 Å². The predicted octanol–water partition coefficient (Wildman–Crippen LogP) is 3.18. The largest absolute Gasteiger partial charge is 0.494 e. The number of guanidine groups is 1. The average Bonchev–Trinajstić information content (AvgIpc) is 2.62. The normalized spacial score (nSPS) is 10.7. The van der Waals surface area contributed by atoms with E-state index in [1.807, 2.05) is 49.5 Å². The number of hydrogen-bond donors (Lipinski definition) is 2. The number of aliphatic imine (C=N–C) groups is 1. The molecule has 2 rings (SSSR count). The fraction of sp³-hybridized carbons (Fsp3) is 0.368. The molecule has 1 aromatic heterocycles. The molecule has 0 aliphatic heterocycles. The number of ether oxygens (including phenoxy) is 1. The first-order chi connectivity index (χ1) is 11.8. The number of halogens is 1. The summed E-state index contributed by atoms with van der Waals surface area (Å²) in [5.74, 6) is 1.72. The summed E-state index contributed by atoms with van der Waals surface area (Å²) in [5, 5.41) is 6.61. The molecule has 6 heteroatoms. The van der Waals surface area contributed by atoms with Crippen LogP contribution in [0.4, 0.5) is 0 Å². The second kappa shape index (κ2) is 12.5. The van der Waals surface area contributed by atoms with Gasteiger partial charge in [-0.3, -0.25) is 9.98 Å². The van der Waals surface area contributed by atoms with Crippen LogP contribution in [0.15, 0.2) is 53.7 Å². The highest BCUT2D eigenvalue weighted by atomic mass is 127. The second-order valence-corrected chi connectivity index (χ2v) is 5.50. The molecular formula is C19H27IN4O. The van der Waals surface area contributed by atoms with Gasteiger partial charge in [0, 0.05) is 32.0 Å². The number of nitrogens with one attached hydrogen (secondary N) is 2. The molecule has 2 aromatic rings. The lowest BCUT2D eigenvalue weighted by atomic mass is 10.2. The number of rotatable bonds is 8. The van der Waals surface area contributed by atoms with Gasteiger partial charge < -0.3 is 15.4 Å². The van der Waals surface area contributed by atoms with Gasteiger partial charge in [-0.05, 0) is 43.5 Å². The highest BCUT2D eigenvalue weighted by Crippen LogP contribution is 2.08. The summed E-state index contributed by atoms with van der Waals surface area (Å²) in [6.45, 7) is 4.32. The number of nitrogens with zero attached hydrogens (tertiary/aromatic N) is 2. The van der Waals surface area contributed by atoms with E-state index in [-0.39, 0.29) is 24.0 Å². The van der Waals surface area contributed by atoms with E-state index in [9.17, 15) is 0 Å². The highest BCUT2D eigenvalue weighted by molar-refractivity contribution is 14.0. The Kier molecular flexibility index (Phi) is 10.6. The number of hydrogen-bond acceptors (Lipinski definition) is 3. The molecule has 0 saturated carbocycles. The molecular weight excluding hydrogens is 427 g/mol. The van der Waals surface area contributed by atoms with E-state index in [0.717, 1.165) is 43.3 Å².